The normalized spacial score (nSPS) is 19.1. The topological polar surface area (TPSA) is 226 Å². The number of nitrogen functional groups attached to an aromatic ring is 2. The van der Waals surface area contributed by atoms with Crippen LogP contribution in [0.4, 0.5) is 11.4 Å². The number of aliphatic hydroxyl groups excluding tert-OH is 2. The largest absolute Gasteiger partial charge is 0.507 e. The molecule has 2 atom stereocenters. The Bertz CT molecular complexity index is 953. The van der Waals surface area contributed by atoms with E-state index in [0.29, 0.717) is 46.8 Å². The predicted octanol–water partition coefficient (Wildman–Crippen LogP) is -0.112. The number of anilines is 2. The van der Waals surface area contributed by atoms with E-state index in [1.165, 1.54) is 12.1 Å². The quantitative estimate of drug-likeness (QED) is 0.190. The molecule has 0 spiro atoms. The third kappa shape index (κ3) is 7.66. The number of aliphatic hydroxyl groups is 2. The second kappa shape index (κ2) is 9.89. The van der Waals surface area contributed by atoms with E-state index in [2.05, 4.69) is 0 Å². The number of phenols is 2. The Morgan fingerprint density at radius 1 is 0.774 bits per heavy atom. The van der Waals surface area contributed by atoms with Crippen LogP contribution in [0.2, 0.25) is 0 Å². The number of hydrogen-bond donors (Lipinski definition) is 8. The Balaban J connectivity index is 0.000000182. The molecule has 2 unspecified atom stereocenters. The highest BCUT2D eigenvalue weighted by molar-refractivity contribution is 7.79. The molecule has 4 rings (SSSR count). The van der Waals surface area contributed by atoms with E-state index in [-0.39, 0.29) is 24.7 Å². The maximum Gasteiger partial charge on any atom is 0.394 e. The lowest BCUT2D eigenvalue weighted by molar-refractivity contribution is 0.0909. The van der Waals surface area contributed by atoms with E-state index in [1.54, 1.807) is 12.1 Å². The lowest BCUT2D eigenvalue weighted by Gasteiger charge is -2.22. The lowest BCUT2D eigenvalue weighted by Crippen LogP contribution is -2.25. The third-order valence-corrected chi connectivity index (χ3v) is 4.16. The lowest BCUT2D eigenvalue weighted by atomic mass is 10.0. The van der Waals surface area contributed by atoms with Gasteiger partial charge in [0.15, 0.2) is 0 Å². The molecule has 0 aromatic heterocycles. The average Bonchev–Trinajstić information content (AvgIpc) is 2.62. The van der Waals surface area contributed by atoms with Crippen LogP contribution in [0.15, 0.2) is 24.3 Å². The number of ether oxygens (including phenoxy) is 2. The fourth-order valence-electron chi connectivity index (χ4n) is 2.93. The summed E-state index contributed by atoms with van der Waals surface area (Å²) in [6.07, 6.45) is -0.243. The fraction of sp³-hybridized carbons (Fsp3) is 0.333. The number of nitrogens with two attached hydrogens (primary N) is 2. The van der Waals surface area contributed by atoms with Crippen molar-refractivity contribution in [3.8, 4) is 23.0 Å². The highest BCUT2D eigenvalue weighted by Gasteiger charge is 2.22. The molecule has 0 saturated heterocycles. The second-order valence-electron chi connectivity index (χ2n) is 6.82. The summed E-state index contributed by atoms with van der Waals surface area (Å²) in [6.45, 7) is 0.520. The van der Waals surface area contributed by atoms with Gasteiger partial charge in [0.05, 0.1) is 12.2 Å². The molecular formula is C18H24N2O10S. The van der Waals surface area contributed by atoms with Crippen LogP contribution >= 0.6 is 0 Å². The molecule has 0 fully saturated rings. The first-order valence-corrected chi connectivity index (χ1v) is 10.3. The van der Waals surface area contributed by atoms with Crippen molar-refractivity contribution in [3.63, 3.8) is 0 Å². The molecule has 2 aliphatic rings. The molecule has 0 aliphatic carbocycles. The van der Waals surface area contributed by atoms with E-state index in [9.17, 15) is 20.4 Å². The smallest absolute Gasteiger partial charge is 0.394 e. The van der Waals surface area contributed by atoms with Gasteiger partial charge in [0.2, 0.25) is 0 Å². The van der Waals surface area contributed by atoms with Gasteiger partial charge in [0, 0.05) is 59.6 Å². The molecule has 2 aromatic carbocycles. The zero-order valence-electron chi connectivity index (χ0n) is 16.2. The number of hydrogen-bond acceptors (Lipinski definition) is 10. The Morgan fingerprint density at radius 2 is 1.10 bits per heavy atom. The monoisotopic (exact) mass is 460 g/mol. The van der Waals surface area contributed by atoms with Gasteiger partial charge in [-0.15, -0.1) is 0 Å². The van der Waals surface area contributed by atoms with Gasteiger partial charge in [0.1, 0.15) is 36.2 Å². The molecule has 0 saturated carbocycles. The van der Waals surface area contributed by atoms with Crippen molar-refractivity contribution < 1.29 is 47.4 Å². The minimum absolute atomic E-state index is 0.0914. The maximum absolute atomic E-state index is 9.48. The Labute approximate surface area is 177 Å². The number of fused-ring (bicyclic) bond motifs is 2. The number of rotatable bonds is 0. The van der Waals surface area contributed by atoms with Gasteiger partial charge in [-0.05, 0) is 0 Å². The van der Waals surface area contributed by atoms with Crippen molar-refractivity contribution in [2.75, 3.05) is 24.7 Å². The first kappa shape index (κ1) is 24.3. The van der Waals surface area contributed by atoms with Crippen molar-refractivity contribution in [1.29, 1.82) is 0 Å². The van der Waals surface area contributed by atoms with Crippen molar-refractivity contribution in [1.82, 2.24) is 0 Å². The highest BCUT2D eigenvalue weighted by atomic mass is 32.3. The molecule has 13 heteroatoms. The molecule has 12 nitrogen and oxygen atoms in total. The van der Waals surface area contributed by atoms with Crippen LogP contribution in [0.1, 0.15) is 11.1 Å². The number of benzene rings is 2. The van der Waals surface area contributed by atoms with Crippen LogP contribution < -0.4 is 20.9 Å². The summed E-state index contributed by atoms with van der Waals surface area (Å²) in [7, 11) is -4.67. The summed E-state index contributed by atoms with van der Waals surface area (Å²) < 4.78 is 42.0. The van der Waals surface area contributed by atoms with Gasteiger partial charge < -0.3 is 41.4 Å². The Hall–Kier alpha value is -2.97. The van der Waals surface area contributed by atoms with Crippen LogP contribution in [0, 0.1) is 0 Å². The van der Waals surface area contributed by atoms with Crippen LogP contribution in [0.3, 0.4) is 0 Å². The third-order valence-electron chi connectivity index (χ3n) is 4.16. The second-order valence-corrected chi connectivity index (χ2v) is 7.71. The molecule has 2 aromatic rings. The molecule has 0 amide bonds. The summed E-state index contributed by atoms with van der Waals surface area (Å²) in [4.78, 5) is 0. The van der Waals surface area contributed by atoms with Crippen molar-refractivity contribution >= 4 is 21.8 Å². The van der Waals surface area contributed by atoms with E-state index >= 15 is 0 Å². The summed E-state index contributed by atoms with van der Waals surface area (Å²) in [6, 6.07) is 6.22. The zero-order chi connectivity index (χ0) is 23.3. The summed E-state index contributed by atoms with van der Waals surface area (Å²) in [5, 5.41) is 37.5. The SMILES string of the molecule is Nc1cc(O)c2c(c1)OCC(O)C2.Nc1cc(O)c2c(c1)OCC(O)C2.O=S(=O)(O)O. The van der Waals surface area contributed by atoms with Crippen molar-refractivity contribution in [3.05, 3.63) is 35.4 Å². The van der Waals surface area contributed by atoms with Crippen LogP contribution in [-0.4, -0.2) is 63.4 Å². The highest BCUT2D eigenvalue weighted by Crippen LogP contribution is 2.35. The Morgan fingerprint density at radius 3 is 1.42 bits per heavy atom. The Kier molecular flexibility index (Phi) is 7.75. The van der Waals surface area contributed by atoms with E-state index in [0.717, 1.165) is 0 Å². The summed E-state index contributed by atoms with van der Waals surface area (Å²) in [5.41, 5.74) is 13.2. The maximum atomic E-state index is 9.48. The van der Waals surface area contributed by atoms with Crippen molar-refractivity contribution in [2.45, 2.75) is 25.0 Å². The molecule has 31 heavy (non-hydrogen) atoms. The number of aromatic hydroxyl groups is 2. The molecule has 2 heterocycles. The van der Waals surface area contributed by atoms with Gasteiger partial charge in [-0.3, -0.25) is 9.11 Å². The zero-order valence-corrected chi connectivity index (χ0v) is 17.0. The van der Waals surface area contributed by atoms with E-state index in [1.807, 2.05) is 0 Å². The first-order valence-electron chi connectivity index (χ1n) is 8.87. The fourth-order valence-corrected chi connectivity index (χ4v) is 2.93. The summed E-state index contributed by atoms with van der Waals surface area (Å²) >= 11 is 0. The van der Waals surface area contributed by atoms with Gasteiger partial charge in [-0.1, -0.05) is 0 Å². The predicted molar refractivity (Wildman–Crippen MR) is 110 cm³/mol. The molecule has 10 N–H and O–H groups in total. The molecule has 2 aliphatic heterocycles. The van der Waals surface area contributed by atoms with Crippen molar-refractivity contribution in [2.24, 2.45) is 0 Å². The van der Waals surface area contributed by atoms with Gasteiger partial charge in [-0.2, -0.15) is 8.42 Å². The van der Waals surface area contributed by atoms with Crippen LogP contribution in [0.25, 0.3) is 0 Å². The van der Waals surface area contributed by atoms with Gasteiger partial charge in [-0.25, -0.2) is 0 Å². The minimum atomic E-state index is -4.67. The molecule has 172 valence electrons. The average molecular weight is 460 g/mol. The number of phenolic OH excluding ortho intramolecular Hbond substituents is 2. The van der Waals surface area contributed by atoms with Gasteiger partial charge in [0.25, 0.3) is 0 Å². The van der Waals surface area contributed by atoms with Crippen LogP contribution in [-0.2, 0) is 23.2 Å². The van der Waals surface area contributed by atoms with Crippen LogP contribution in [0.5, 0.6) is 23.0 Å². The van der Waals surface area contributed by atoms with Gasteiger partial charge >= 0.3 is 10.4 Å². The summed E-state index contributed by atoms with van der Waals surface area (Å²) in [5.74, 6) is 1.33. The van der Waals surface area contributed by atoms with E-state index in [4.69, 9.17) is 38.5 Å². The van der Waals surface area contributed by atoms with E-state index < -0.39 is 22.6 Å². The first-order chi connectivity index (χ1) is 14.3. The molecule has 0 bridgehead atoms. The minimum Gasteiger partial charge on any atom is -0.507 e. The standard InChI is InChI=1S/2C9H11NO3.H2O4S/c2*10-5-1-8(12)7-3-6(11)4-13-9(7)2-5;1-5(2,3)4/h2*1-2,6,11-12H,3-4,10H2;(H2,1,2,3,4). The molecular weight excluding hydrogens is 436 g/mol. The molecule has 0 radical (unpaired) electrons.